The summed E-state index contributed by atoms with van der Waals surface area (Å²) in [5.41, 5.74) is 10.7. The predicted octanol–water partition coefficient (Wildman–Crippen LogP) is 14.5. The number of carboxylic acids is 1. The second-order valence-electron chi connectivity index (χ2n) is 17.9. The summed E-state index contributed by atoms with van der Waals surface area (Å²) in [6.45, 7) is 4.07. The number of para-hydroxylation sites is 5. The van der Waals surface area contributed by atoms with Gasteiger partial charge in [0, 0.05) is 74.9 Å². The first kappa shape index (κ1) is 43.6. The van der Waals surface area contributed by atoms with Gasteiger partial charge in [-0.25, -0.2) is 0 Å². The van der Waals surface area contributed by atoms with Crippen LogP contribution in [0, 0.1) is 0 Å². The number of aryl methyl sites for hydroxylation is 4. The predicted molar refractivity (Wildman–Crippen MR) is 281 cm³/mol. The lowest BCUT2D eigenvalue weighted by atomic mass is 9.98. The Morgan fingerprint density at radius 2 is 0.797 bits per heavy atom. The average Bonchev–Trinajstić information content (AvgIpc) is 4.01. The smallest absolute Gasteiger partial charge is 0.303 e. The van der Waals surface area contributed by atoms with E-state index in [2.05, 4.69) is 105 Å². The first-order chi connectivity index (χ1) is 34.1. The van der Waals surface area contributed by atoms with Gasteiger partial charge in [-0.05, 0) is 109 Å². The maximum atomic E-state index is 11.3. The van der Waals surface area contributed by atoms with Crippen LogP contribution in [0.2, 0.25) is 0 Å². The van der Waals surface area contributed by atoms with Crippen molar-refractivity contribution in [3.05, 3.63) is 188 Å². The van der Waals surface area contributed by atoms with Crippen LogP contribution in [0.4, 0.5) is 0 Å². The molecule has 0 aliphatic rings. The Bertz CT molecular complexity index is 3520. The van der Waals surface area contributed by atoms with Crippen LogP contribution >= 0.6 is 0 Å². The number of aromatic nitrogens is 3. The molecule has 0 bridgehead atoms. The van der Waals surface area contributed by atoms with Gasteiger partial charge in [0.1, 0.15) is 17.2 Å². The van der Waals surface area contributed by atoms with Crippen LogP contribution in [0.1, 0.15) is 37.7 Å². The van der Waals surface area contributed by atoms with E-state index in [1.54, 1.807) is 0 Å². The first-order valence-corrected chi connectivity index (χ1v) is 24.3. The summed E-state index contributed by atoms with van der Waals surface area (Å²) >= 11 is 0. The molecule has 0 atom stereocenters. The Kier molecular flexibility index (Phi) is 12.4. The Morgan fingerprint density at radius 1 is 0.406 bits per heavy atom. The highest BCUT2D eigenvalue weighted by Gasteiger charge is 2.27. The van der Waals surface area contributed by atoms with E-state index in [4.69, 9.17) is 14.2 Å². The van der Waals surface area contributed by atoms with Gasteiger partial charge in [0.2, 0.25) is 0 Å². The highest BCUT2D eigenvalue weighted by molar-refractivity contribution is 6.39. The molecule has 3 heterocycles. The highest BCUT2D eigenvalue weighted by atomic mass is 16.5. The number of rotatable bonds is 20. The third-order valence-electron chi connectivity index (χ3n) is 13.5. The number of benzene rings is 8. The number of hydrogen-bond donors (Lipinski definition) is 1. The summed E-state index contributed by atoms with van der Waals surface area (Å²) < 4.78 is 26.7. The minimum Gasteiger partial charge on any atom is -0.494 e. The Labute approximate surface area is 401 Å². The zero-order valence-corrected chi connectivity index (χ0v) is 38.7. The average molecular weight is 910 g/mol. The molecule has 3 aromatic heterocycles. The topological polar surface area (TPSA) is 79.8 Å². The molecule has 1 N–H and O–H groups in total. The molecule has 11 aromatic rings. The summed E-state index contributed by atoms with van der Waals surface area (Å²) in [7, 11) is 0. The van der Waals surface area contributed by atoms with Gasteiger partial charge in [-0.2, -0.15) is 0 Å². The molecule has 0 aliphatic heterocycles. The van der Waals surface area contributed by atoms with E-state index in [1.165, 1.54) is 65.4 Å². The Hall–Kier alpha value is -7.97. The molecular weight excluding hydrogens is 855 g/mol. The maximum absolute atomic E-state index is 11.3. The molecule has 0 saturated carbocycles. The number of aliphatic carboxylic acids is 1. The lowest BCUT2D eigenvalue weighted by Crippen LogP contribution is -2.06. The van der Waals surface area contributed by atoms with E-state index in [-0.39, 0.29) is 6.42 Å². The molecule has 0 amide bonds. The van der Waals surface area contributed by atoms with E-state index in [0.717, 1.165) is 79.3 Å². The largest absolute Gasteiger partial charge is 0.494 e. The summed E-state index contributed by atoms with van der Waals surface area (Å²) in [6, 6.07) is 63.9. The van der Waals surface area contributed by atoms with E-state index in [0.29, 0.717) is 26.2 Å². The molecule has 0 aliphatic carbocycles. The Balaban J connectivity index is 1.13. The lowest BCUT2D eigenvalue weighted by molar-refractivity contribution is -0.137. The minimum absolute atomic E-state index is 0.167. The summed E-state index contributed by atoms with van der Waals surface area (Å²) in [6.07, 6.45) is 3.98. The number of ether oxygens (including phenoxy) is 3. The maximum Gasteiger partial charge on any atom is 0.303 e. The molecule has 69 heavy (non-hydrogen) atoms. The quantitative estimate of drug-likeness (QED) is 0.0771. The van der Waals surface area contributed by atoms with Crippen molar-refractivity contribution < 1.29 is 24.1 Å². The van der Waals surface area contributed by atoms with Crippen molar-refractivity contribution in [1.29, 1.82) is 0 Å². The van der Waals surface area contributed by atoms with Crippen LogP contribution in [-0.4, -0.2) is 44.6 Å². The van der Waals surface area contributed by atoms with Crippen molar-refractivity contribution in [3.63, 3.8) is 0 Å². The normalized spacial score (nSPS) is 11.7. The van der Waals surface area contributed by atoms with Gasteiger partial charge >= 0.3 is 5.97 Å². The SMILES string of the molecule is O=C(O)CCCc1ccc(-c2ccc3c(c2)c2c4c(c5ccccc5n4CCCOc4ccccc4)c4c(c5ccccc5n4CCCOc4ccccc4)c2n3CCCOc2ccccc2)cc1. The zero-order chi connectivity index (χ0) is 46.5. The third-order valence-corrected chi connectivity index (χ3v) is 13.5. The Morgan fingerprint density at radius 3 is 1.25 bits per heavy atom. The molecule has 11 rings (SSSR count). The number of nitrogens with zero attached hydrogens (tertiary/aromatic N) is 3. The van der Waals surface area contributed by atoms with Crippen LogP contribution in [0.15, 0.2) is 182 Å². The lowest BCUT2D eigenvalue weighted by Gasteiger charge is -2.14. The molecule has 0 saturated heterocycles. The van der Waals surface area contributed by atoms with Crippen molar-refractivity contribution >= 4 is 71.4 Å². The second-order valence-corrected chi connectivity index (χ2v) is 17.9. The third kappa shape index (κ3) is 8.75. The monoisotopic (exact) mass is 909 g/mol. The van der Waals surface area contributed by atoms with Crippen molar-refractivity contribution in [2.45, 2.75) is 58.2 Å². The van der Waals surface area contributed by atoms with Gasteiger partial charge in [0.05, 0.1) is 36.4 Å². The van der Waals surface area contributed by atoms with Crippen LogP contribution in [0.5, 0.6) is 17.2 Å². The van der Waals surface area contributed by atoms with Crippen LogP contribution in [-0.2, 0) is 30.8 Å². The molecule has 0 fully saturated rings. The van der Waals surface area contributed by atoms with Gasteiger partial charge < -0.3 is 33.0 Å². The summed E-state index contributed by atoms with van der Waals surface area (Å²) in [4.78, 5) is 11.3. The highest BCUT2D eigenvalue weighted by Crippen LogP contribution is 2.49. The molecular formula is C61H55N3O5. The fraction of sp³-hybridized carbons (Fsp3) is 0.197. The zero-order valence-electron chi connectivity index (χ0n) is 38.7. The summed E-state index contributed by atoms with van der Waals surface area (Å²) in [5, 5.41) is 16.7. The fourth-order valence-electron chi connectivity index (χ4n) is 10.4. The van der Waals surface area contributed by atoms with Gasteiger partial charge in [-0.1, -0.05) is 121 Å². The molecule has 0 spiro atoms. The number of fused-ring (bicyclic) bond motifs is 12. The number of carboxylic acid groups (broad SMARTS) is 1. The van der Waals surface area contributed by atoms with Crippen molar-refractivity contribution in [2.24, 2.45) is 0 Å². The van der Waals surface area contributed by atoms with Crippen LogP contribution in [0.3, 0.4) is 0 Å². The van der Waals surface area contributed by atoms with Gasteiger partial charge in [-0.15, -0.1) is 0 Å². The van der Waals surface area contributed by atoms with Crippen molar-refractivity contribution in [1.82, 2.24) is 13.7 Å². The van der Waals surface area contributed by atoms with Crippen molar-refractivity contribution in [2.75, 3.05) is 19.8 Å². The molecule has 344 valence electrons. The first-order valence-electron chi connectivity index (χ1n) is 24.3. The van der Waals surface area contributed by atoms with Gasteiger partial charge in [0.25, 0.3) is 0 Å². The molecule has 8 nitrogen and oxygen atoms in total. The van der Waals surface area contributed by atoms with E-state index >= 15 is 0 Å². The van der Waals surface area contributed by atoms with E-state index in [1.807, 2.05) is 91.0 Å². The molecule has 0 radical (unpaired) electrons. The second kappa shape index (κ2) is 19.7. The van der Waals surface area contributed by atoms with E-state index < -0.39 is 5.97 Å². The van der Waals surface area contributed by atoms with Crippen LogP contribution in [0.25, 0.3) is 76.5 Å². The van der Waals surface area contributed by atoms with E-state index in [9.17, 15) is 9.90 Å². The minimum atomic E-state index is -0.758. The van der Waals surface area contributed by atoms with Gasteiger partial charge in [-0.3, -0.25) is 4.79 Å². The fourth-order valence-corrected chi connectivity index (χ4v) is 10.4. The van der Waals surface area contributed by atoms with Gasteiger partial charge in [0.15, 0.2) is 0 Å². The van der Waals surface area contributed by atoms with Crippen LogP contribution < -0.4 is 14.2 Å². The van der Waals surface area contributed by atoms with Crippen molar-refractivity contribution in [3.8, 4) is 28.4 Å². The number of hydrogen-bond acceptors (Lipinski definition) is 4. The summed E-state index contributed by atoms with van der Waals surface area (Å²) in [5.74, 6) is 1.88. The molecule has 8 heteroatoms. The number of carbonyl (C=O) groups is 1. The molecule has 0 unspecified atom stereocenters. The standard InChI is InChI=1S/C61H55N3O5/c65-55(66)29-14-18-43-30-32-44(33-31-43)45-34-35-54-51(42-45)58-60-56(50-26-11-13-28-53(50)63(60)37-16-40-68-47-21-6-2-7-22-47)59-57(61(58)64(54)38-17-41-69-48-23-8-3-9-24-48)49-25-10-12-27-52(49)62(59)36-15-39-67-46-19-4-1-5-20-46/h1-13,19-28,30-35,42H,14-18,29,36-41H2,(H,65,66). The molecule has 8 aromatic carbocycles.